The number of aryl methyl sites for hydroxylation is 1. The Morgan fingerprint density at radius 3 is 2.16 bits per heavy atom. The Hall–Kier alpha value is -1.38. The van der Waals surface area contributed by atoms with Gasteiger partial charge in [0.05, 0.1) is 16.9 Å². The minimum Gasteiger partial charge on any atom is -0.300 e. The number of fused-ring (bicyclic) bond motifs is 1. The Balaban J connectivity index is 2.87. The third-order valence-electron chi connectivity index (χ3n) is 3.34. The molecule has 0 unspecified atom stereocenters. The molecule has 3 heteroatoms. The maximum atomic E-state index is 4.88. The fourth-order valence-electron chi connectivity index (χ4n) is 2.44. The highest BCUT2D eigenvalue weighted by atomic mass is 15.1. The van der Waals surface area contributed by atoms with E-state index in [9.17, 15) is 0 Å². The summed E-state index contributed by atoms with van der Waals surface area (Å²) < 4.78 is 2.23. The average Bonchev–Trinajstić information content (AvgIpc) is 2.65. The van der Waals surface area contributed by atoms with E-state index in [0.29, 0.717) is 0 Å². The molecule has 0 atom stereocenters. The van der Waals surface area contributed by atoms with E-state index in [4.69, 9.17) is 4.98 Å². The van der Waals surface area contributed by atoms with E-state index in [1.807, 2.05) is 12.4 Å². The Labute approximate surface area is 116 Å². The zero-order chi connectivity index (χ0) is 14.4. The van der Waals surface area contributed by atoms with Crippen LogP contribution in [0.15, 0.2) is 12.4 Å². The number of aromatic nitrogens is 3. The van der Waals surface area contributed by atoms with Crippen molar-refractivity contribution in [3.63, 3.8) is 0 Å². The van der Waals surface area contributed by atoms with Crippen LogP contribution >= 0.6 is 0 Å². The number of hydrogen-bond acceptors (Lipinski definition) is 2. The summed E-state index contributed by atoms with van der Waals surface area (Å²) >= 11 is 0. The maximum Gasteiger partial charge on any atom is 0.119 e. The molecule has 19 heavy (non-hydrogen) atoms. The van der Waals surface area contributed by atoms with Gasteiger partial charge in [-0.05, 0) is 6.42 Å². The second kappa shape index (κ2) is 4.32. The third-order valence-corrected chi connectivity index (χ3v) is 3.34. The van der Waals surface area contributed by atoms with Crippen LogP contribution in [-0.2, 0) is 17.3 Å². The maximum absolute atomic E-state index is 4.88. The highest BCUT2D eigenvalue weighted by molar-refractivity contribution is 5.60. The van der Waals surface area contributed by atoms with Crippen LogP contribution in [0.2, 0.25) is 0 Å². The number of imidazole rings is 1. The van der Waals surface area contributed by atoms with Gasteiger partial charge in [0.2, 0.25) is 0 Å². The van der Waals surface area contributed by atoms with Gasteiger partial charge in [-0.15, -0.1) is 0 Å². The number of rotatable bonds is 1. The molecule has 104 valence electrons. The van der Waals surface area contributed by atoms with Crippen LogP contribution in [0.5, 0.6) is 0 Å². The van der Waals surface area contributed by atoms with Crippen molar-refractivity contribution < 1.29 is 0 Å². The fourth-order valence-corrected chi connectivity index (χ4v) is 2.44. The van der Waals surface area contributed by atoms with Crippen molar-refractivity contribution in [1.29, 1.82) is 0 Å². The zero-order valence-electron chi connectivity index (χ0n) is 13.2. The second-order valence-electron chi connectivity index (χ2n) is 7.23. The summed E-state index contributed by atoms with van der Waals surface area (Å²) in [6, 6.07) is 0. The smallest absolute Gasteiger partial charge is 0.119 e. The standard InChI is InChI=1S/C16H25N3/c1-8-11-12-13(15(2,3)4)17-9-10-19(12)14(18-11)16(5,6)7/h9-10H,8H2,1-7H3. The lowest BCUT2D eigenvalue weighted by molar-refractivity contribution is 0.537. The van der Waals surface area contributed by atoms with Gasteiger partial charge in [0, 0.05) is 23.2 Å². The first kappa shape index (κ1) is 14.0. The van der Waals surface area contributed by atoms with Crippen molar-refractivity contribution in [3.8, 4) is 0 Å². The Kier molecular flexibility index (Phi) is 3.20. The van der Waals surface area contributed by atoms with Crippen molar-refractivity contribution in [2.75, 3.05) is 0 Å². The zero-order valence-corrected chi connectivity index (χ0v) is 13.2. The van der Waals surface area contributed by atoms with E-state index < -0.39 is 0 Å². The van der Waals surface area contributed by atoms with Gasteiger partial charge < -0.3 is 0 Å². The molecule has 0 amide bonds. The van der Waals surface area contributed by atoms with Gasteiger partial charge in [-0.25, -0.2) is 4.98 Å². The van der Waals surface area contributed by atoms with Crippen molar-refractivity contribution >= 4 is 5.52 Å². The molecule has 3 nitrogen and oxygen atoms in total. The van der Waals surface area contributed by atoms with Crippen molar-refractivity contribution in [2.24, 2.45) is 0 Å². The van der Waals surface area contributed by atoms with E-state index in [2.05, 4.69) is 57.9 Å². The molecule has 0 radical (unpaired) electrons. The molecule has 0 saturated heterocycles. The first-order valence-corrected chi connectivity index (χ1v) is 7.03. The molecule has 0 aliphatic carbocycles. The number of nitrogens with zero attached hydrogens (tertiary/aromatic N) is 3. The van der Waals surface area contributed by atoms with Crippen LogP contribution in [0, 0.1) is 0 Å². The Morgan fingerprint density at radius 1 is 1.05 bits per heavy atom. The molecule has 2 rings (SSSR count). The van der Waals surface area contributed by atoms with Crippen LogP contribution in [0.25, 0.3) is 5.52 Å². The van der Waals surface area contributed by atoms with Crippen LogP contribution in [0.1, 0.15) is 65.7 Å². The van der Waals surface area contributed by atoms with E-state index >= 15 is 0 Å². The van der Waals surface area contributed by atoms with Gasteiger partial charge in [0.25, 0.3) is 0 Å². The highest BCUT2D eigenvalue weighted by Crippen LogP contribution is 2.31. The molecule has 2 heterocycles. The summed E-state index contributed by atoms with van der Waals surface area (Å²) in [7, 11) is 0. The minimum absolute atomic E-state index is 0.0294. The molecule has 0 aliphatic rings. The molecule has 0 N–H and O–H groups in total. The third kappa shape index (κ3) is 2.38. The summed E-state index contributed by atoms with van der Waals surface area (Å²) in [4.78, 5) is 9.50. The monoisotopic (exact) mass is 259 g/mol. The van der Waals surface area contributed by atoms with Crippen molar-refractivity contribution in [2.45, 2.75) is 65.7 Å². The molecule has 2 aromatic rings. The van der Waals surface area contributed by atoms with E-state index in [-0.39, 0.29) is 10.8 Å². The summed E-state index contributed by atoms with van der Waals surface area (Å²) in [5.41, 5.74) is 3.55. The lowest BCUT2D eigenvalue weighted by Crippen LogP contribution is -2.18. The molecule has 0 fully saturated rings. The topological polar surface area (TPSA) is 30.2 Å². The lowest BCUT2D eigenvalue weighted by atomic mass is 9.90. The normalized spacial score (nSPS) is 13.2. The first-order chi connectivity index (χ1) is 8.66. The largest absolute Gasteiger partial charge is 0.300 e. The SMILES string of the molecule is CCc1nc(C(C)(C)C)n2ccnc(C(C)(C)C)c12. The van der Waals surface area contributed by atoms with Crippen LogP contribution in [0.4, 0.5) is 0 Å². The van der Waals surface area contributed by atoms with Crippen molar-refractivity contribution in [1.82, 2.24) is 14.4 Å². The predicted octanol–water partition coefficient (Wildman–Crippen LogP) is 3.89. The van der Waals surface area contributed by atoms with Gasteiger partial charge in [-0.1, -0.05) is 48.5 Å². The average molecular weight is 259 g/mol. The lowest BCUT2D eigenvalue weighted by Gasteiger charge is -2.21. The second-order valence-corrected chi connectivity index (χ2v) is 7.23. The predicted molar refractivity (Wildman–Crippen MR) is 79.8 cm³/mol. The van der Waals surface area contributed by atoms with Gasteiger partial charge >= 0.3 is 0 Å². The Morgan fingerprint density at radius 2 is 1.68 bits per heavy atom. The van der Waals surface area contributed by atoms with Crippen LogP contribution in [-0.4, -0.2) is 14.4 Å². The fraction of sp³-hybridized carbons (Fsp3) is 0.625. The van der Waals surface area contributed by atoms with Gasteiger partial charge in [-0.3, -0.25) is 9.38 Å². The molecule has 0 bridgehead atoms. The molecular formula is C16H25N3. The summed E-state index contributed by atoms with van der Waals surface area (Å²) in [5, 5.41) is 0. The quantitative estimate of drug-likeness (QED) is 0.778. The van der Waals surface area contributed by atoms with Gasteiger partial charge in [0.1, 0.15) is 5.82 Å². The molecule has 0 aliphatic heterocycles. The first-order valence-electron chi connectivity index (χ1n) is 7.03. The highest BCUT2D eigenvalue weighted by Gasteiger charge is 2.27. The van der Waals surface area contributed by atoms with Crippen LogP contribution < -0.4 is 0 Å². The van der Waals surface area contributed by atoms with E-state index in [1.54, 1.807) is 0 Å². The summed E-state index contributed by atoms with van der Waals surface area (Å²) in [6.45, 7) is 15.4. The van der Waals surface area contributed by atoms with E-state index in [1.165, 1.54) is 5.52 Å². The van der Waals surface area contributed by atoms with E-state index in [0.717, 1.165) is 23.6 Å². The van der Waals surface area contributed by atoms with Gasteiger partial charge in [0.15, 0.2) is 0 Å². The minimum atomic E-state index is 0.0294. The van der Waals surface area contributed by atoms with Crippen LogP contribution in [0.3, 0.4) is 0 Å². The molecule has 0 spiro atoms. The van der Waals surface area contributed by atoms with Gasteiger partial charge in [-0.2, -0.15) is 0 Å². The summed E-state index contributed by atoms with van der Waals surface area (Å²) in [6.07, 6.45) is 4.87. The molecule has 0 saturated carbocycles. The number of hydrogen-bond donors (Lipinski definition) is 0. The van der Waals surface area contributed by atoms with Crippen molar-refractivity contribution in [3.05, 3.63) is 29.6 Å². The molecule has 2 aromatic heterocycles. The molecular weight excluding hydrogens is 234 g/mol. The summed E-state index contributed by atoms with van der Waals surface area (Å²) in [5.74, 6) is 1.12. The molecule has 0 aromatic carbocycles. The Bertz CT molecular complexity index is 595.